The average Bonchev–Trinajstić information content (AvgIpc) is 2.62. The zero-order valence-corrected chi connectivity index (χ0v) is 14.0. The first kappa shape index (κ1) is 16.4. The molecule has 0 saturated carbocycles. The molecule has 0 unspecified atom stereocenters. The third kappa shape index (κ3) is 3.89. The van der Waals surface area contributed by atoms with Crippen molar-refractivity contribution in [3.05, 3.63) is 42.2 Å². The number of hydrogen-bond donors (Lipinski definition) is 1. The van der Waals surface area contributed by atoms with E-state index in [-0.39, 0.29) is 11.9 Å². The first-order chi connectivity index (χ1) is 11.6. The zero-order chi connectivity index (χ0) is 16.9. The normalized spacial score (nSPS) is 14.7. The van der Waals surface area contributed by atoms with Crippen LogP contribution < -0.4 is 10.2 Å². The number of aromatic nitrogens is 2. The molecule has 0 bridgehead atoms. The summed E-state index contributed by atoms with van der Waals surface area (Å²) in [5.74, 6) is 0.846. The van der Waals surface area contributed by atoms with Gasteiger partial charge in [-0.15, -0.1) is 0 Å². The summed E-state index contributed by atoms with van der Waals surface area (Å²) in [4.78, 5) is 22.9. The van der Waals surface area contributed by atoms with Crippen LogP contribution in [0.1, 0.15) is 24.2 Å². The Morgan fingerprint density at radius 2 is 1.88 bits per heavy atom. The minimum absolute atomic E-state index is 0.0618. The summed E-state index contributed by atoms with van der Waals surface area (Å²) in [6, 6.07) is 9.58. The van der Waals surface area contributed by atoms with Crippen molar-refractivity contribution in [3.8, 4) is 11.3 Å². The van der Waals surface area contributed by atoms with Crippen LogP contribution in [0.15, 0.2) is 36.7 Å². The SMILES string of the molecule is CC(C)NC(=O)c1ccc(-c2cc(N3CCOCC3)ncn2)cc1. The fourth-order valence-corrected chi connectivity index (χ4v) is 2.61. The molecule has 126 valence electrons. The molecule has 0 spiro atoms. The molecule has 0 atom stereocenters. The van der Waals surface area contributed by atoms with Crippen molar-refractivity contribution in [3.63, 3.8) is 0 Å². The van der Waals surface area contributed by atoms with Crippen molar-refractivity contribution in [2.75, 3.05) is 31.2 Å². The van der Waals surface area contributed by atoms with E-state index >= 15 is 0 Å². The predicted octanol–water partition coefficient (Wildman–Crippen LogP) is 2.12. The van der Waals surface area contributed by atoms with Gasteiger partial charge in [-0.3, -0.25) is 4.79 Å². The summed E-state index contributed by atoms with van der Waals surface area (Å²) in [7, 11) is 0. The Labute approximate surface area is 141 Å². The lowest BCUT2D eigenvalue weighted by Gasteiger charge is -2.27. The lowest BCUT2D eigenvalue weighted by atomic mass is 10.1. The summed E-state index contributed by atoms with van der Waals surface area (Å²) >= 11 is 0. The number of carbonyl (C=O) groups is 1. The number of anilines is 1. The van der Waals surface area contributed by atoms with E-state index in [0.29, 0.717) is 5.56 Å². The van der Waals surface area contributed by atoms with Crippen LogP contribution in [0.4, 0.5) is 5.82 Å². The Hall–Kier alpha value is -2.47. The highest BCUT2D eigenvalue weighted by atomic mass is 16.5. The van der Waals surface area contributed by atoms with Crippen LogP contribution in [-0.2, 0) is 4.74 Å². The van der Waals surface area contributed by atoms with Crippen molar-refractivity contribution in [2.45, 2.75) is 19.9 Å². The van der Waals surface area contributed by atoms with Crippen LogP contribution in [0.3, 0.4) is 0 Å². The van der Waals surface area contributed by atoms with E-state index < -0.39 is 0 Å². The van der Waals surface area contributed by atoms with Gasteiger partial charge in [0.05, 0.1) is 18.9 Å². The van der Waals surface area contributed by atoms with E-state index in [1.165, 1.54) is 0 Å². The van der Waals surface area contributed by atoms with Crippen LogP contribution in [0.5, 0.6) is 0 Å². The highest BCUT2D eigenvalue weighted by Crippen LogP contribution is 2.21. The van der Waals surface area contributed by atoms with Gasteiger partial charge in [0.2, 0.25) is 0 Å². The van der Waals surface area contributed by atoms with Gasteiger partial charge in [-0.05, 0) is 26.0 Å². The second kappa shape index (κ2) is 7.40. The largest absolute Gasteiger partial charge is 0.378 e. The van der Waals surface area contributed by atoms with E-state index in [9.17, 15) is 4.79 Å². The minimum Gasteiger partial charge on any atom is -0.378 e. The maximum Gasteiger partial charge on any atom is 0.251 e. The van der Waals surface area contributed by atoms with Gasteiger partial charge in [-0.25, -0.2) is 9.97 Å². The topological polar surface area (TPSA) is 67.4 Å². The molecule has 1 aliphatic heterocycles. The fraction of sp³-hybridized carbons (Fsp3) is 0.389. The minimum atomic E-state index is -0.0618. The van der Waals surface area contributed by atoms with E-state index in [2.05, 4.69) is 20.2 Å². The molecule has 1 fully saturated rings. The van der Waals surface area contributed by atoms with Gasteiger partial charge >= 0.3 is 0 Å². The molecule has 24 heavy (non-hydrogen) atoms. The molecule has 1 saturated heterocycles. The molecule has 0 aliphatic carbocycles. The molecule has 1 aromatic carbocycles. The molecule has 2 heterocycles. The van der Waals surface area contributed by atoms with Crippen molar-refractivity contribution < 1.29 is 9.53 Å². The van der Waals surface area contributed by atoms with E-state index in [0.717, 1.165) is 43.4 Å². The second-order valence-corrected chi connectivity index (χ2v) is 6.07. The number of ether oxygens (including phenoxy) is 1. The summed E-state index contributed by atoms with van der Waals surface area (Å²) in [6.07, 6.45) is 1.58. The van der Waals surface area contributed by atoms with Gasteiger partial charge in [-0.1, -0.05) is 12.1 Å². The van der Waals surface area contributed by atoms with Gasteiger partial charge in [0.1, 0.15) is 12.1 Å². The highest BCUT2D eigenvalue weighted by molar-refractivity contribution is 5.94. The molecule has 2 aromatic rings. The quantitative estimate of drug-likeness (QED) is 0.932. The van der Waals surface area contributed by atoms with E-state index in [1.807, 2.05) is 44.2 Å². The summed E-state index contributed by atoms with van der Waals surface area (Å²) < 4.78 is 5.38. The molecule has 1 N–H and O–H groups in total. The summed E-state index contributed by atoms with van der Waals surface area (Å²) in [6.45, 7) is 7.01. The number of morpholine rings is 1. The van der Waals surface area contributed by atoms with Crippen molar-refractivity contribution in [1.82, 2.24) is 15.3 Å². The monoisotopic (exact) mass is 326 g/mol. The lowest BCUT2D eigenvalue weighted by Crippen LogP contribution is -2.36. The number of nitrogens with one attached hydrogen (secondary N) is 1. The van der Waals surface area contributed by atoms with Gasteiger partial charge in [0.25, 0.3) is 5.91 Å². The van der Waals surface area contributed by atoms with Crippen LogP contribution in [0.25, 0.3) is 11.3 Å². The fourth-order valence-electron chi connectivity index (χ4n) is 2.61. The number of amides is 1. The van der Waals surface area contributed by atoms with E-state index in [4.69, 9.17) is 4.74 Å². The third-order valence-corrected chi connectivity index (χ3v) is 3.85. The molecular weight excluding hydrogens is 304 g/mol. The van der Waals surface area contributed by atoms with Gasteiger partial charge in [-0.2, -0.15) is 0 Å². The van der Waals surface area contributed by atoms with Crippen molar-refractivity contribution in [1.29, 1.82) is 0 Å². The lowest BCUT2D eigenvalue weighted by molar-refractivity contribution is 0.0943. The summed E-state index contributed by atoms with van der Waals surface area (Å²) in [5, 5.41) is 2.89. The van der Waals surface area contributed by atoms with Crippen LogP contribution in [-0.4, -0.2) is 48.2 Å². The van der Waals surface area contributed by atoms with Gasteiger partial charge < -0.3 is 15.0 Å². The first-order valence-electron chi connectivity index (χ1n) is 8.19. The highest BCUT2D eigenvalue weighted by Gasteiger charge is 2.14. The van der Waals surface area contributed by atoms with Gasteiger partial charge in [0.15, 0.2) is 0 Å². The Morgan fingerprint density at radius 1 is 1.17 bits per heavy atom. The molecule has 1 amide bonds. The molecule has 1 aliphatic rings. The smallest absolute Gasteiger partial charge is 0.251 e. The maximum atomic E-state index is 12.0. The molecule has 1 aromatic heterocycles. The van der Waals surface area contributed by atoms with Crippen LogP contribution in [0.2, 0.25) is 0 Å². The molecule has 3 rings (SSSR count). The summed E-state index contributed by atoms with van der Waals surface area (Å²) in [5.41, 5.74) is 2.46. The third-order valence-electron chi connectivity index (χ3n) is 3.85. The van der Waals surface area contributed by atoms with Crippen molar-refractivity contribution >= 4 is 11.7 Å². The van der Waals surface area contributed by atoms with E-state index in [1.54, 1.807) is 6.33 Å². The van der Waals surface area contributed by atoms with Crippen molar-refractivity contribution in [2.24, 2.45) is 0 Å². The number of hydrogen-bond acceptors (Lipinski definition) is 5. The molecule has 6 heteroatoms. The molecule has 6 nitrogen and oxygen atoms in total. The predicted molar refractivity (Wildman–Crippen MR) is 93.1 cm³/mol. The number of nitrogens with zero attached hydrogens (tertiary/aromatic N) is 3. The Kier molecular flexibility index (Phi) is 5.05. The zero-order valence-electron chi connectivity index (χ0n) is 14.0. The standard InChI is InChI=1S/C18H22N4O2/c1-13(2)21-18(23)15-5-3-14(4-6-15)16-11-17(20-12-19-16)22-7-9-24-10-8-22/h3-6,11-13H,7-10H2,1-2H3,(H,21,23). The van der Waals surface area contributed by atoms with Crippen LogP contribution in [0, 0.1) is 0 Å². The van der Waals surface area contributed by atoms with Gasteiger partial charge in [0, 0.05) is 36.3 Å². The number of rotatable bonds is 4. The second-order valence-electron chi connectivity index (χ2n) is 6.07. The Bertz CT molecular complexity index is 694. The Balaban J connectivity index is 1.77. The van der Waals surface area contributed by atoms with Crippen LogP contribution >= 0.6 is 0 Å². The average molecular weight is 326 g/mol. The maximum absolute atomic E-state index is 12.0. The number of carbonyl (C=O) groups excluding carboxylic acids is 1. The number of benzene rings is 1. The molecule has 0 radical (unpaired) electrons. The first-order valence-corrected chi connectivity index (χ1v) is 8.19. The molecular formula is C18H22N4O2. The Morgan fingerprint density at radius 3 is 2.54 bits per heavy atom.